The number of esters is 1. The number of fused-ring (bicyclic) bond motifs is 1. The monoisotopic (exact) mass is 410 g/mol. The minimum atomic E-state index is -0.562. The van der Waals surface area contributed by atoms with E-state index in [9.17, 15) is 14.4 Å². The van der Waals surface area contributed by atoms with Gasteiger partial charge in [-0.05, 0) is 43.3 Å². The number of benzene rings is 1. The van der Waals surface area contributed by atoms with Crippen LogP contribution < -0.4 is 11.2 Å². The zero-order valence-corrected chi connectivity index (χ0v) is 16.0. The minimum absolute atomic E-state index is 0.147. The van der Waals surface area contributed by atoms with Gasteiger partial charge in [0.1, 0.15) is 12.3 Å². The average Bonchev–Trinajstić information content (AvgIpc) is 3.05. The van der Waals surface area contributed by atoms with Crippen LogP contribution in [0.1, 0.15) is 21.7 Å². The molecule has 0 aliphatic rings. The molecule has 3 aromatic heterocycles. The lowest BCUT2D eigenvalue weighted by Crippen LogP contribution is -2.17. The topological polar surface area (TPSA) is 98.5 Å². The quantitative estimate of drug-likeness (QED) is 0.521. The fourth-order valence-electron chi connectivity index (χ4n) is 2.95. The van der Waals surface area contributed by atoms with Crippen LogP contribution in [0.3, 0.4) is 0 Å². The molecule has 0 aliphatic carbocycles. The van der Waals surface area contributed by atoms with Crippen LogP contribution in [0.25, 0.3) is 11.3 Å². The van der Waals surface area contributed by atoms with Crippen LogP contribution in [-0.4, -0.2) is 24.9 Å². The van der Waals surface area contributed by atoms with Crippen LogP contribution in [0.2, 0.25) is 5.02 Å². The molecule has 0 radical (unpaired) electrons. The van der Waals surface area contributed by atoms with Gasteiger partial charge in [-0.25, -0.2) is 14.6 Å². The van der Waals surface area contributed by atoms with Gasteiger partial charge in [0.2, 0.25) is 0 Å². The number of aryl methyl sites for hydroxylation is 1. The standard InChI is InChI=1S/C20H15ClN4O4/c1-12-9-22-20(28)25(12)16-5-2-13(3-6-16)19(27)29-11-15-8-18(26)24-10-14(21)4-7-17(24)23-15/h2-10H,11H2,1H3,(H,22,28). The Bertz CT molecular complexity index is 1340. The summed E-state index contributed by atoms with van der Waals surface area (Å²) in [6.45, 7) is 1.65. The van der Waals surface area contributed by atoms with Gasteiger partial charge in [0.25, 0.3) is 5.56 Å². The summed E-state index contributed by atoms with van der Waals surface area (Å²) in [5.41, 5.74) is 1.86. The van der Waals surface area contributed by atoms with Crippen molar-refractivity contribution in [1.29, 1.82) is 0 Å². The van der Waals surface area contributed by atoms with Crippen LogP contribution in [0, 0.1) is 6.92 Å². The van der Waals surface area contributed by atoms with Gasteiger partial charge in [0.15, 0.2) is 0 Å². The molecule has 1 aromatic carbocycles. The molecule has 0 atom stereocenters. The van der Waals surface area contributed by atoms with Crippen LogP contribution in [0.4, 0.5) is 0 Å². The summed E-state index contributed by atoms with van der Waals surface area (Å²) in [4.78, 5) is 43.2. The fourth-order valence-corrected chi connectivity index (χ4v) is 3.11. The highest BCUT2D eigenvalue weighted by Gasteiger charge is 2.11. The molecule has 0 aliphatic heterocycles. The van der Waals surface area contributed by atoms with Crippen molar-refractivity contribution in [1.82, 2.24) is 18.9 Å². The van der Waals surface area contributed by atoms with E-state index in [0.717, 1.165) is 5.69 Å². The highest BCUT2D eigenvalue weighted by atomic mass is 35.5. The molecular formula is C20H15ClN4O4. The van der Waals surface area contributed by atoms with Crippen molar-refractivity contribution < 1.29 is 9.53 Å². The molecule has 0 saturated heterocycles. The van der Waals surface area contributed by atoms with E-state index in [-0.39, 0.29) is 17.9 Å². The van der Waals surface area contributed by atoms with Crippen molar-refractivity contribution in [2.24, 2.45) is 0 Å². The molecule has 0 spiro atoms. The van der Waals surface area contributed by atoms with Crippen LogP contribution in [0.15, 0.2) is 64.4 Å². The molecule has 1 N–H and O–H groups in total. The second-order valence-corrected chi connectivity index (χ2v) is 6.79. The van der Waals surface area contributed by atoms with Crippen LogP contribution in [0.5, 0.6) is 0 Å². The minimum Gasteiger partial charge on any atom is -0.456 e. The molecule has 146 valence electrons. The van der Waals surface area contributed by atoms with Gasteiger partial charge in [-0.1, -0.05) is 11.6 Å². The number of H-pyrrole nitrogens is 1. The number of ether oxygens (including phenoxy) is 1. The zero-order chi connectivity index (χ0) is 20.5. The Kier molecular flexibility index (Phi) is 4.77. The number of nitrogens with one attached hydrogen (secondary N) is 1. The SMILES string of the molecule is Cc1c[nH]c(=O)n1-c1ccc(C(=O)OCc2cc(=O)n3cc(Cl)ccc3n2)cc1. The number of aromatic nitrogens is 4. The van der Waals surface area contributed by atoms with Gasteiger partial charge >= 0.3 is 11.7 Å². The van der Waals surface area contributed by atoms with Gasteiger partial charge in [0.05, 0.1) is 22.0 Å². The van der Waals surface area contributed by atoms with E-state index in [2.05, 4.69) is 9.97 Å². The molecule has 0 bridgehead atoms. The molecule has 0 amide bonds. The van der Waals surface area contributed by atoms with Crippen LogP contribution in [-0.2, 0) is 11.3 Å². The highest BCUT2D eigenvalue weighted by Crippen LogP contribution is 2.12. The maximum Gasteiger partial charge on any atom is 0.338 e. The number of imidazole rings is 1. The van der Waals surface area contributed by atoms with Crippen molar-refractivity contribution in [2.75, 3.05) is 0 Å². The lowest BCUT2D eigenvalue weighted by Gasteiger charge is -2.08. The van der Waals surface area contributed by atoms with Gasteiger partial charge in [0, 0.05) is 24.2 Å². The second-order valence-electron chi connectivity index (χ2n) is 6.35. The fraction of sp³-hybridized carbons (Fsp3) is 0.100. The summed E-state index contributed by atoms with van der Waals surface area (Å²) in [6, 6.07) is 11.0. The van der Waals surface area contributed by atoms with Gasteiger partial charge in [-0.3, -0.25) is 13.8 Å². The number of halogens is 1. The highest BCUT2D eigenvalue weighted by molar-refractivity contribution is 6.30. The van der Waals surface area contributed by atoms with Gasteiger partial charge in [-0.15, -0.1) is 0 Å². The first kappa shape index (κ1) is 18.7. The first-order valence-corrected chi connectivity index (χ1v) is 9.02. The molecule has 8 nitrogen and oxygen atoms in total. The molecule has 0 unspecified atom stereocenters. The van der Waals surface area contributed by atoms with Crippen LogP contribution >= 0.6 is 11.6 Å². The van der Waals surface area contributed by atoms with E-state index >= 15 is 0 Å². The summed E-state index contributed by atoms with van der Waals surface area (Å²) in [7, 11) is 0. The largest absolute Gasteiger partial charge is 0.456 e. The molecule has 9 heteroatoms. The molecule has 3 heterocycles. The maximum absolute atomic E-state index is 12.3. The smallest absolute Gasteiger partial charge is 0.338 e. The molecule has 4 rings (SSSR count). The Morgan fingerprint density at radius 1 is 1.17 bits per heavy atom. The summed E-state index contributed by atoms with van der Waals surface area (Å²) in [5, 5.41) is 0.418. The number of carbonyl (C=O) groups excluding carboxylic acids is 1. The third kappa shape index (κ3) is 3.70. The summed E-state index contributed by atoms with van der Waals surface area (Å²) < 4.78 is 8.08. The Hall–Kier alpha value is -3.65. The normalized spacial score (nSPS) is 11.0. The third-order valence-corrected chi connectivity index (χ3v) is 4.57. The number of aromatic amines is 1. The van der Waals surface area contributed by atoms with Crippen molar-refractivity contribution in [2.45, 2.75) is 13.5 Å². The van der Waals surface area contributed by atoms with E-state index in [1.165, 1.54) is 21.2 Å². The second kappa shape index (κ2) is 7.40. The average molecular weight is 411 g/mol. The molecular weight excluding hydrogens is 396 g/mol. The third-order valence-electron chi connectivity index (χ3n) is 4.35. The summed E-state index contributed by atoms with van der Waals surface area (Å²) in [5.74, 6) is -0.562. The van der Waals surface area contributed by atoms with Crippen molar-refractivity contribution in [3.05, 3.63) is 97.7 Å². The molecule has 4 aromatic rings. The van der Waals surface area contributed by atoms with E-state index in [1.54, 1.807) is 49.5 Å². The van der Waals surface area contributed by atoms with E-state index < -0.39 is 5.97 Å². The number of hydrogen-bond donors (Lipinski definition) is 1. The first-order chi connectivity index (χ1) is 13.9. The van der Waals surface area contributed by atoms with E-state index in [0.29, 0.717) is 27.6 Å². The van der Waals surface area contributed by atoms with Gasteiger partial charge in [-0.2, -0.15) is 0 Å². The number of hydrogen-bond acceptors (Lipinski definition) is 5. The molecule has 0 saturated carbocycles. The number of nitrogens with zero attached hydrogens (tertiary/aromatic N) is 3. The lowest BCUT2D eigenvalue weighted by molar-refractivity contribution is 0.0467. The number of carbonyl (C=O) groups is 1. The Morgan fingerprint density at radius 2 is 1.93 bits per heavy atom. The lowest BCUT2D eigenvalue weighted by atomic mass is 10.2. The number of rotatable bonds is 4. The van der Waals surface area contributed by atoms with Crippen molar-refractivity contribution in [3.63, 3.8) is 0 Å². The van der Waals surface area contributed by atoms with Crippen molar-refractivity contribution >= 4 is 23.2 Å². The maximum atomic E-state index is 12.3. The Balaban J connectivity index is 1.50. The zero-order valence-electron chi connectivity index (χ0n) is 15.3. The first-order valence-electron chi connectivity index (χ1n) is 8.65. The summed E-state index contributed by atoms with van der Waals surface area (Å²) in [6.07, 6.45) is 3.08. The number of pyridine rings is 1. The Labute approximate surface area is 169 Å². The summed E-state index contributed by atoms with van der Waals surface area (Å²) >= 11 is 5.88. The Morgan fingerprint density at radius 3 is 2.62 bits per heavy atom. The van der Waals surface area contributed by atoms with Gasteiger partial charge < -0.3 is 9.72 Å². The molecule has 29 heavy (non-hydrogen) atoms. The predicted octanol–water partition coefficient (Wildman–Crippen LogP) is 2.49. The van der Waals surface area contributed by atoms with Crippen molar-refractivity contribution in [3.8, 4) is 5.69 Å². The van der Waals surface area contributed by atoms with E-state index in [4.69, 9.17) is 16.3 Å². The molecule has 0 fully saturated rings. The predicted molar refractivity (Wildman–Crippen MR) is 107 cm³/mol. The van der Waals surface area contributed by atoms with E-state index in [1.807, 2.05) is 0 Å².